The van der Waals surface area contributed by atoms with Crippen molar-refractivity contribution in [2.24, 2.45) is 0 Å². The zero-order chi connectivity index (χ0) is 12.4. The van der Waals surface area contributed by atoms with Crippen molar-refractivity contribution in [3.8, 4) is 0 Å². The smallest absolute Gasteiger partial charge is 0.239 e. The molecule has 0 rings (SSSR count). The van der Waals surface area contributed by atoms with Gasteiger partial charge in [-0.1, -0.05) is 29.8 Å². The first-order valence-electron chi connectivity index (χ1n) is 5.76. The monoisotopic (exact) mass is 292 g/mol. The predicted molar refractivity (Wildman–Crippen MR) is 68.6 cm³/mol. The fraction of sp³-hybridized carbons (Fsp3) is 0.818. The van der Waals surface area contributed by atoms with E-state index < -0.39 is 0 Å². The second-order valence-corrected chi connectivity index (χ2v) is 4.40. The van der Waals surface area contributed by atoms with Crippen molar-refractivity contribution in [2.75, 3.05) is 25.0 Å². The van der Waals surface area contributed by atoms with Gasteiger partial charge in [0.1, 0.15) is 0 Å². The highest BCUT2D eigenvalue weighted by Crippen LogP contribution is 1.99. The molecule has 0 aliphatic heterocycles. The fourth-order valence-electron chi connectivity index (χ4n) is 1.29. The molecule has 4 nitrogen and oxygen atoms in total. The Morgan fingerprint density at radius 3 is 2.44 bits per heavy atom. The molecule has 16 heavy (non-hydrogen) atoms. The van der Waals surface area contributed by atoms with Crippen LogP contribution in [0.5, 0.6) is 0 Å². The zero-order valence-electron chi connectivity index (χ0n) is 10.1. The van der Waals surface area contributed by atoms with E-state index >= 15 is 0 Å². The van der Waals surface area contributed by atoms with Gasteiger partial charge in [0.25, 0.3) is 0 Å². The summed E-state index contributed by atoms with van der Waals surface area (Å²) in [7, 11) is 0. The molecule has 0 heterocycles. The third-order valence-corrected chi connectivity index (χ3v) is 2.46. The Kier molecular flexibility index (Phi) is 9.28. The molecule has 0 aromatic rings. The number of hydrogen-bond acceptors (Lipinski definition) is 2. The van der Waals surface area contributed by atoms with Crippen molar-refractivity contribution >= 4 is 27.7 Å². The summed E-state index contributed by atoms with van der Waals surface area (Å²) < 4.78 is 0. The van der Waals surface area contributed by atoms with Crippen LogP contribution >= 0.6 is 15.9 Å². The van der Waals surface area contributed by atoms with Gasteiger partial charge in [-0.3, -0.25) is 9.59 Å². The molecule has 0 saturated heterocycles. The van der Waals surface area contributed by atoms with E-state index in [2.05, 4.69) is 21.2 Å². The Balaban J connectivity index is 4.10. The molecule has 0 fully saturated rings. The molecule has 0 radical (unpaired) electrons. The second-order valence-electron chi connectivity index (χ2n) is 3.60. The Morgan fingerprint density at radius 1 is 1.25 bits per heavy atom. The van der Waals surface area contributed by atoms with Gasteiger partial charge in [0.05, 0.1) is 6.54 Å². The summed E-state index contributed by atoms with van der Waals surface area (Å²) >= 11 is 3.23. The van der Waals surface area contributed by atoms with Gasteiger partial charge in [-0.2, -0.15) is 0 Å². The van der Waals surface area contributed by atoms with E-state index in [1.54, 1.807) is 4.90 Å². The van der Waals surface area contributed by atoms with Gasteiger partial charge in [-0.15, -0.1) is 0 Å². The highest BCUT2D eigenvalue weighted by Gasteiger charge is 2.14. The Hall–Kier alpha value is -0.580. The van der Waals surface area contributed by atoms with Crippen LogP contribution in [0.25, 0.3) is 0 Å². The molecule has 0 saturated carbocycles. The van der Waals surface area contributed by atoms with Crippen molar-refractivity contribution in [1.82, 2.24) is 10.2 Å². The lowest BCUT2D eigenvalue weighted by atomic mass is 10.3. The Morgan fingerprint density at radius 2 is 1.94 bits per heavy atom. The molecule has 2 amide bonds. The van der Waals surface area contributed by atoms with Crippen LogP contribution in [0.15, 0.2) is 0 Å². The number of alkyl halides is 1. The Bertz CT molecular complexity index is 222. The summed E-state index contributed by atoms with van der Waals surface area (Å²) in [5.74, 6) is -0.0383. The van der Waals surface area contributed by atoms with Gasteiger partial charge in [0, 0.05) is 24.8 Å². The second kappa shape index (κ2) is 9.63. The largest absolute Gasteiger partial charge is 0.355 e. The maximum Gasteiger partial charge on any atom is 0.239 e. The molecule has 0 aromatic carbocycles. The normalized spacial score (nSPS) is 9.94. The lowest BCUT2D eigenvalue weighted by Crippen LogP contribution is -2.41. The van der Waals surface area contributed by atoms with E-state index in [4.69, 9.17) is 0 Å². The molecule has 0 atom stereocenters. The maximum atomic E-state index is 11.7. The van der Waals surface area contributed by atoms with Gasteiger partial charge >= 0.3 is 0 Å². The lowest BCUT2D eigenvalue weighted by molar-refractivity contribution is -0.135. The zero-order valence-corrected chi connectivity index (χ0v) is 11.7. The Labute approximate surface area is 106 Å². The first-order valence-corrected chi connectivity index (χ1v) is 6.88. The number of halogens is 1. The standard InChI is InChI=1S/C11H21BrN2O2/c1-3-7-13-10(15)9-14(8-4-2)11(16)5-6-12/h3-9H2,1-2H3,(H,13,15). The average Bonchev–Trinajstić information content (AvgIpc) is 2.26. The number of carbonyl (C=O) groups is 2. The van der Waals surface area contributed by atoms with E-state index in [0.717, 1.165) is 12.8 Å². The topological polar surface area (TPSA) is 49.4 Å². The number of rotatable bonds is 8. The molecule has 94 valence electrons. The number of amides is 2. The fourth-order valence-corrected chi connectivity index (χ4v) is 1.63. The van der Waals surface area contributed by atoms with Gasteiger partial charge < -0.3 is 10.2 Å². The van der Waals surface area contributed by atoms with E-state index in [1.807, 2.05) is 13.8 Å². The maximum absolute atomic E-state index is 11.7. The van der Waals surface area contributed by atoms with Crippen LogP contribution in [0, 0.1) is 0 Å². The van der Waals surface area contributed by atoms with Crippen LogP contribution in [0.4, 0.5) is 0 Å². The van der Waals surface area contributed by atoms with E-state index in [1.165, 1.54) is 0 Å². The molecule has 0 aliphatic carbocycles. The molecular formula is C11H21BrN2O2. The summed E-state index contributed by atoms with van der Waals surface area (Å²) in [6, 6.07) is 0. The average molecular weight is 293 g/mol. The first-order chi connectivity index (χ1) is 7.65. The van der Waals surface area contributed by atoms with Gasteiger partial charge in [0.15, 0.2) is 0 Å². The highest BCUT2D eigenvalue weighted by atomic mass is 79.9. The SMILES string of the molecule is CCCNC(=O)CN(CCC)C(=O)CCBr. The minimum absolute atomic E-state index is 0.0328. The quantitative estimate of drug-likeness (QED) is 0.690. The molecule has 1 N–H and O–H groups in total. The summed E-state index contributed by atoms with van der Waals surface area (Å²) in [6.45, 7) is 5.49. The van der Waals surface area contributed by atoms with Crippen LogP contribution in [-0.4, -0.2) is 41.7 Å². The van der Waals surface area contributed by atoms with Gasteiger partial charge in [0.2, 0.25) is 11.8 Å². The van der Waals surface area contributed by atoms with Crippen LogP contribution in [0.2, 0.25) is 0 Å². The summed E-state index contributed by atoms with van der Waals surface area (Å²) in [5, 5.41) is 3.42. The number of nitrogens with zero attached hydrogens (tertiary/aromatic N) is 1. The third-order valence-electron chi connectivity index (χ3n) is 2.06. The van der Waals surface area contributed by atoms with Crippen LogP contribution in [-0.2, 0) is 9.59 Å². The lowest BCUT2D eigenvalue weighted by Gasteiger charge is -2.21. The van der Waals surface area contributed by atoms with Crippen LogP contribution < -0.4 is 5.32 Å². The van der Waals surface area contributed by atoms with E-state index in [0.29, 0.717) is 24.8 Å². The molecule has 0 unspecified atom stereocenters. The van der Waals surface area contributed by atoms with Crippen molar-refractivity contribution in [2.45, 2.75) is 33.1 Å². The minimum atomic E-state index is -0.0711. The third kappa shape index (κ3) is 6.82. The van der Waals surface area contributed by atoms with Crippen LogP contribution in [0.1, 0.15) is 33.1 Å². The molecule has 5 heteroatoms. The molecule has 0 aliphatic rings. The van der Waals surface area contributed by atoms with E-state index in [-0.39, 0.29) is 18.4 Å². The predicted octanol–water partition coefficient (Wildman–Crippen LogP) is 1.54. The first kappa shape index (κ1) is 15.4. The molecule has 0 bridgehead atoms. The highest BCUT2D eigenvalue weighted by molar-refractivity contribution is 9.09. The number of carbonyl (C=O) groups excluding carboxylic acids is 2. The number of hydrogen-bond donors (Lipinski definition) is 1. The molecule has 0 aromatic heterocycles. The molecule has 0 spiro atoms. The van der Waals surface area contributed by atoms with Crippen molar-refractivity contribution in [3.63, 3.8) is 0 Å². The van der Waals surface area contributed by atoms with Crippen molar-refractivity contribution in [1.29, 1.82) is 0 Å². The summed E-state index contributed by atoms with van der Waals surface area (Å²) in [4.78, 5) is 24.8. The van der Waals surface area contributed by atoms with Gasteiger partial charge in [-0.05, 0) is 12.8 Å². The molecular weight excluding hydrogens is 272 g/mol. The van der Waals surface area contributed by atoms with Crippen molar-refractivity contribution < 1.29 is 9.59 Å². The summed E-state index contributed by atoms with van der Waals surface area (Å²) in [5.41, 5.74) is 0. The van der Waals surface area contributed by atoms with Gasteiger partial charge in [-0.25, -0.2) is 0 Å². The summed E-state index contributed by atoms with van der Waals surface area (Å²) in [6.07, 6.45) is 2.23. The van der Waals surface area contributed by atoms with E-state index in [9.17, 15) is 9.59 Å². The minimum Gasteiger partial charge on any atom is -0.355 e. The van der Waals surface area contributed by atoms with Crippen molar-refractivity contribution in [3.05, 3.63) is 0 Å². The number of nitrogens with one attached hydrogen (secondary N) is 1. The van der Waals surface area contributed by atoms with Crippen LogP contribution in [0.3, 0.4) is 0 Å².